The Balaban J connectivity index is 1.45. The van der Waals surface area contributed by atoms with E-state index in [0.717, 1.165) is 11.8 Å². The van der Waals surface area contributed by atoms with E-state index in [1.165, 1.54) is 20.1 Å². The van der Waals surface area contributed by atoms with Crippen molar-refractivity contribution in [2.75, 3.05) is 17.7 Å². The molecule has 0 saturated heterocycles. The van der Waals surface area contributed by atoms with Crippen molar-refractivity contribution in [1.29, 1.82) is 0 Å². The Morgan fingerprint density at radius 3 is 2.02 bits per heavy atom. The first-order chi connectivity index (χ1) is 21.0. The van der Waals surface area contributed by atoms with Gasteiger partial charge in [-0.1, -0.05) is 30.3 Å². The molecule has 0 aliphatic rings. The zero-order chi connectivity index (χ0) is 31.8. The van der Waals surface area contributed by atoms with Gasteiger partial charge in [-0.25, -0.2) is 17.6 Å². The van der Waals surface area contributed by atoms with Crippen LogP contribution >= 0.6 is 11.8 Å². The number of methoxy groups -OCH3 is 1. The summed E-state index contributed by atoms with van der Waals surface area (Å²) in [5.41, 5.74) is 0.111. The van der Waals surface area contributed by atoms with Crippen LogP contribution in [0.2, 0.25) is 0 Å². The molecule has 226 valence electrons. The number of amides is 3. The zero-order valence-electron chi connectivity index (χ0n) is 23.3. The molecule has 12 heteroatoms. The van der Waals surface area contributed by atoms with Gasteiger partial charge >= 0.3 is 0 Å². The van der Waals surface area contributed by atoms with Gasteiger partial charge in [0.25, 0.3) is 11.8 Å². The highest BCUT2D eigenvalue weighted by molar-refractivity contribution is 8.00. The average Bonchev–Trinajstić information content (AvgIpc) is 3.03. The molecule has 3 amide bonds. The normalized spacial score (nSPS) is 11.8. The van der Waals surface area contributed by atoms with Crippen molar-refractivity contribution < 1.29 is 36.7 Å². The number of carbonyl (C=O) groups is 3. The quantitative estimate of drug-likeness (QED) is 0.0784. The van der Waals surface area contributed by atoms with E-state index in [1.54, 1.807) is 78.9 Å². The van der Waals surface area contributed by atoms with E-state index in [1.807, 2.05) is 5.32 Å². The van der Waals surface area contributed by atoms with E-state index in [0.29, 0.717) is 27.5 Å². The van der Waals surface area contributed by atoms with Crippen LogP contribution in [0.15, 0.2) is 95.5 Å². The van der Waals surface area contributed by atoms with Crippen molar-refractivity contribution in [2.45, 2.75) is 17.1 Å². The summed E-state index contributed by atoms with van der Waals surface area (Å²) in [6.45, 7) is 1.44. The molecule has 0 radical (unpaired) electrons. The van der Waals surface area contributed by atoms with Gasteiger partial charge in [-0.2, -0.15) is 0 Å². The maximum atomic E-state index is 13.9. The third-order valence-corrected chi connectivity index (χ3v) is 7.22. The third-order valence-electron chi connectivity index (χ3n) is 6.11. The zero-order valence-corrected chi connectivity index (χ0v) is 24.1. The van der Waals surface area contributed by atoms with Crippen LogP contribution in [0, 0.1) is 23.3 Å². The summed E-state index contributed by atoms with van der Waals surface area (Å²) < 4.78 is 60.0. The van der Waals surface area contributed by atoms with E-state index >= 15 is 0 Å². The van der Waals surface area contributed by atoms with Crippen molar-refractivity contribution in [3.05, 3.63) is 125 Å². The van der Waals surface area contributed by atoms with Gasteiger partial charge in [-0.05, 0) is 67.1 Å². The van der Waals surface area contributed by atoms with Crippen LogP contribution in [-0.2, 0) is 9.59 Å². The number of benzene rings is 4. The minimum atomic E-state index is -1.71. The smallest absolute Gasteiger partial charge is 0.272 e. The summed E-state index contributed by atoms with van der Waals surface area (Å²) in [4.78, 5) is 39.1. The molecule has 0 heterocycles. The van der Waals surface area contributed by atoms with Crippen LogP contribution < -0.4 is 20.7 Å². The van der Waals surface area contributed by atoms with E-state index in [9.17, 15) is 31.9 Å². The first-order valence-electron chi connectivity index (χ1n) is 13.0. The molecule has 0 aliphatic carbocycles. The number of anilines is 2. The molecule has 1 unspecified atom stereocenters. The van der Waals surface area contributed by atoms with Crippen LogP contribution in [0.25, 0.3) is 6.08 Å². The average molecular weight is 624 g/mol. The Morgan fingerprint density at radius 1 is 0.818 bits per heavy atom. The maximum absolute atomic E-state index is 13.9. The molecule has 4 rings (SSSR count). The lowest BCUT2D eigenvalue weighted by Gasteiger charge is -2.14. The van der Waals surface area contributed by atoms with Crippen molar-refractivity contribution in [1.82, 2.24) is 5.32 Å². The van der Waals surface area contributed by atoms with Gasteiger partial charge in [0, 0.05) is 22.2 Å². The monoisotopic (exact) mass is 623 g/mol. The number of hydrogen-bond donors (Lipinski definition) is 3. The highest BCUT2D eigenvalue weighted by Crippen LogP contribution is 2.28. The molecule has 0 fully saturated rings. The van der Waals surface area contributed by atoms with Crippen molar-refractivity contribution in [3.63, 3.8) is 0 Å². The van der Waals surface area contributed by atoms with Gasteiger partial charge in [0.15, 0.2) is 23.3 Å². The Kier molecular flexibility index (Phi) is 10.4. The fraction of sp³-hybridized carbons (Fsp3) is 0.0938. The topological polar surface area (TPSA) is 96.5 Å². The van der Waals surface area contributed by atoms with Gasteiger partial charge in [-0.15, -0.1) is 11.8 Å². The third kappa shape index (κ3) is 8.04. The molecule has 0 aromatic heterocycles. The van der Waals surface area contributed by atoms with Gasteiger partial charge < -0.3 is 20.7 Å². The molecule has 1 atom stereocenters. The highest BCUT2D eigenvalue weighted by Gasteiger charge is 2.23. The van der Waals surface area contributed by atoms with Crippen LogP contribution in [0.5, 0.6) is 5.75 Å². The minimum Gasteiger partial charge on any atom is -0.497 e. The van der Waals surface area contributed by atoms with Gasteiger partial charge in [-0.3, -0.25) is 14.4 Å². The molecule has 44 heavy (non-hydrogen) atoms. The van der Waals surface area contributed by atoms with E-state index in [-0.39, 0.29) is 11.8 Å². The largest absolute Gasteiger partial charge is 0.497 e. The summed E-state index contributed by atoms with van der Waals surface area (Å²) in [6, 6.07) is 21.6. The van der Waals surface area contributed by atoms with Gasteiger partial charge in [0.1, 0.15) is 17.1 Å². The Morgan fingerprint density at radius 2 is 1.43 bits per heavy atom. The predicted octanol–water partition coefficient (Wildman–Crippen LogP) is 6.78. The molecule has 0 aliphatic heterocycles. The van der Waals surface area contributed by atoms with E-state index < -0.39 is 51.9 Å². The van der Waals surface area contributed by atoms with Crippen LogP contribution in [0.1, 0.15) is 22.8 Å². The van der Waals surface area contributed by atoms with Crippen LogP contribution in [0.3, 0.4) is 0 Å². The molecule has 0 spiro atoms. The number of thioether (sulfide) groups is 1. The molecule has 4 aromatic rings. The predicted molar refractivity (Wildman–Crippen MR) is 160 cm³/mol. The molecular weight excluding hydrogens is 598 g/mol. The lowest BCUT2D eigenvalue weighted by molar-refractivity contribution is -0.115. The number of ether oxygens (including phenoxy) is 1. The second-order valence-electron chi connectivity index (χ2n) is 9.22. The maximum Gasteiger partial charge on any atom is 0.272 e. The van der Waals surface area contributed by atoms with Crippen molar-refractivity contribution in [3.8, 4) is 5.75 Å². The molecular formula is C32H25F4N3O4S. The molecule has 7 nitrogen and oxygen atoms in total. The van der Waals surface area contributed by atoms with Crippen molar-refractivity contribution in [2.24, 2.45) is 0 Å². The van der Waals surface area contributed by atoms with E-state index in [2.05, 4.69) is 10.6 Å². The second-order valence-corrected chi connectivity index (χ2v) is 10.6. The fourth-order valence-corrected chi connectivity index (χ4v) is 4.66. The summed E-state index contributed by atoms with van der Waals surface area (Å²) in [6.07, 6.45) is 1.51. The first kappa shape index (κ1) is 31.8. The number of rotatable bonds is 10. The van der Waals surface area contributed by atoms with Crippen molar-refractivity contribution >= 4 is 46.9 Å². The Bertz CT molecular complexity index is 1670. The Hall–Kier alpha value is -5.10. The number of hydrogen-bond acceptors (Lipinski definition) is 5. The molecule has 0 bridgehead atoms. The summed E-state index contributed by atoms with van der Waals surface area (Å²) in [5.74, 6) is -8.07. The molecule has 4 aromatic carbocycles. The standard InChI is InChI=1S/C32H25F4N3O4S/c1-18(30(40)39-29-27(35)24(33)17-25(34)28(29)36)44-23-14-10-21(11-15-23)37-32(42)26(16-19-8-12-22(43-2)13-9-19)38-31(41)20-6-4-3-5-7-20/h3-18H,1-2H3,(H,37,42)(H,38,41)(H,39,40)/b26-16-. The summed E-state index contributed by atoms with van der Waals surface area (Å²) >= 11 is 1.000. The summed E-state index contributed by atoms with van der Waals surface area (Å²) in [7, 11) is 1.53. The fourth-order valence-electron chi connectivity index (χ4n) is 3.79. The minimum absolute atomic E-state index is 0.0268. The lowest BCUT2D eigenvalue weighted by atomic mass is 10.1. The number of nitrogens with one attached hydrogen (secondary N) is 3. The Labute approximate surface area is 254 Å². The number of halogens is 4. The molecule has 0 saturated carbocycles. The first-order valence-corrected chi connectivity index (χ1v) is 13.9. The SMILES string of the molecule is COc1ccc(/C=C(\NC(=O)c2ccccc2)C(=O)Nc2ccc(SC(C)C(=O)Nc3c(F)c(F)cc(F)c3F)cc2)cc1. The van der Waals surface area contributed by atoms with Crippen LogP contribution in [0.4, 0.5) is 28.9 Å². The van der Waals surface area contributed by atoms with Crippen LogP contribution in [-0.4, -0.2) is 30.1 Å². The van der Waals surface area contributed by atoms with Gasteiger partial charge in [0.05, 0.1) is 12.4 Å². The molecule has 3 N–H and O–H groups in total. The van der Waals surface area contributed by atoms with Gasteiger partial charge in [0.2, 0.25) is 5.91 Å². The number of carbonyl (C=O) groups excluding carboxylic acids is 3. The second kappa shape index (κ2) is 14.4. The lowest BCUT2D eigenvalue weighted by Crippen LogP contribution is -2.30. The summed E-state index contributed by atoms with van der Waals surface area (Å²) in [5, 5.41) is 6.32. The highest BCUT2D eigenvalue weighted by atomic mass is 32.2. The van der Waals surface area contributed by atoms with E-state index in [4.69, 9.17) is 4.74 Å².